The van der Waals surface area contributed by atoms with Crippen LogP contribution in [0.2, 0.25) is 0 Å². The average Bonchev–Trinajstić information content (AvgIpc) is 2.73. The quantitative estimate of drug-likeness (QED) is 0.870. The second-order valence-corrected chi connectivity index (χ2v) is 4.60. The largest absolute Gasteiger partial charge is 0.475 e. The molecule has 0 amide bonds. The van der Waals surface area contributed by atoms with Crippen LogP contribution in [0, 0.1) is 3.57 Å². The van der Waals surface area contributed by atoms with Crippen molar-refractivity contribution in [1.82, 2.24) is 4.98 Å². The number of hydrogen-bond donors (Lipinski definition) is 1. The van der Waals surface area contributed by atoms with Crippen LogP contribution in [0.1, 0.15) is 23.2 Å². The van der Waals surface area contributed by atoms with Gasteiger partial charge in [0.2, 0.25) is 11.7 Å². The van der Waals surface area contributed by atoms with Gasteiger partial charge in [-0.2, -0.15) is 0 Å². The number of aromatic nitrogens is 1. The maximum Gasteiger partial charge on any atom is 0.373 e. The number of carboxylic acid groups (broad SMARTS) is 1. The van der Waals surface area contributed by atoms with Gasteiger partial charge in [-0.25, -0.2) is 9.78 Å². The van der Waals surface area contributed by atoms with Gasteiger partial charge in [0.25, 0.3) is 0 Å². The molecule has 5 heteroatoms. The highest BCUT2D eigenvalue weighted by Gasteiger charge is 2.19. The molecule has 0 aliphatic heterocycles. The summed E-state index contributed by atoms with van der Waals surface area (Å²) < 4.78 is 6.30. The lowest BCUT2D eigenvalue weighted by Gasteiger charge is -1.97. The third-order valence-corrected chi connectivity index (χ3v) is 3.27. The Morgan fingerprint density at radius 3 is 2.71 bits per heavy atom. The van der Waals surface area contributed by atoms with Gasteiger partial charge in [0.1, 0.15) is 0 Å². The van der Waals surface area contributed by atoms with E-state index in [1.807, 2.05) is 31.2 Å². The molecule has 0 saturated heterocycles. The number of nitrogens with zero attached hydrogens (tertiary/aromatic N) is 1. The van der Waals surface area contributed by atoms with Gasteiger partial charge >= 0.3 is 5.97 Å². The molecule has 0 unspecified atom stereocenters. The predicted octanol–water partition coefficient (Wildman–Crippen LogP) is 3.21. The molecule has 2 aromatic rings. The van der Waals surface area contributed by atoms with Crippen LogP contribution in [0.15, 0.2) is 28.7 Å². The normalized spacial score (nSPS) is 10.5. The highest BCUT2D eigenvalue weighted by molar-refractivity contribution is 14.1. The molecule has 0 atom stereocenters. The van der Waals surface area contributed by atoms with E-state index in [1.165, 1.54) is 0 Å². The second-order valence-electron chi connectivity index (χ2n) is 3.43. The predicted molar refractivity (Wildman–Crippen MR) is 71.0 cm³/mol. The van der Waals surface area contributed by atoms with Gasteiger partial charge in [-0.15, -0.1) is 0 Å². The molecule has 0 saturated carbocycles. The lowest BCUT2D eigenvalue weighted by atomic mass is 10.2. The summed E-state index contributed by atoms with van der Waals surface area (Å²) in [6.45, 7) is 1.85. The molecule has 1 heterocycles. The smallest absolute Gasteiger partial charge is 0.373 e. The molecule has 1 aromatic carbocycles. The first-order chi connectivity index (χ1) is 8.13. The summed E-state index contributed by atoms with van der Waals surface area (Å²) in [5.74, 6) is -0.780. The zero-order valence-electron chi connectivity index (χ0n) is 9.11. The number of oxazole rings is 1. The molecular formula is C12H10INO3. The molecule has 88 valence electrons. The fourth-order valence-electron chi connectivity index (χ4n) is 1.51. The Labute approximate surface area is 112 Å². The molecule has 0 spiro atoms. The Bertz CT molecular complexity index is 563. The first-order valence-electron chi connectivity index (χ1n) is 5.11. The van der Waals surface area contributed by atoms with Crippen molar-refractivity contribution in [2.24, 2.45) is 0 Å². The molecule has 0 aliphatic carbocycles. The van der Waals surface area contributed by atoms with Crippen LogP contribution in [0.25, 0.3) is 11.5 Å². The van der Waals surface area contributed by atoms with Crippen molar-refractivity contribution in [2.45, 2.75) is 13.3 Å². The van der Waals surface area contributed by atoms with Gasteiger partial charge in [-0.1, -0.05) is 19.1 Å². The van der Waals surface area contributed by atoms with E-state index in [2.05, 4.69) is 27.6 Å². The van der Waals surface area contributed by atoms with E-state index in [9.17, 15) is 4.79 Å². The molecule has 17 heavy (non-hydrogen) atoms. The van der Waals surface area contributed by atoms with E-state index in [0.717, 1.165) is 9.13 Å². The first kappa shape index (κ1) is 12.1. The van der Waals surface area contributed by atoms with Crippen LogP contribution in [0.4, 0.5) is 0 Å². The number of carbonyl (C=O) groups is 1. The highest BCUT2D eigenvalue weighted by atomic mass is 127. The molecule has 4 nitrogen and oxygen atoms in total. The van der Waals surface area contributed by atoms with Gasteiger partial charge < -0.3 is 9.52 Å². The third-order valence-electron chi connectivity index (χ3n) is 2.33. The topological polar surface area (TPSA) is 63.3 Å². The number of aromatic carboxylic acids is 1. The minimum absolute atomic E-state index is 0.0675. The van der Waals surface area contributed by atoms with E-state index in [-0.39, 0.29) is 5.76 Å². The van der Waals surface area contributed by atoms with Crippen LogP contribution >= 0.6 is 22.6 Å². The lowest BCUT2D eigenvalue weighted by molar-refractivity contribution is 0.0662. The lowest BCUT2D eigenvalue weighted by Crippen LogP contribution is -1.98. The van der Waals surface area contributed by atoms with Crippen molar-refractivity contribution in [3.63, 3.8) is 0 Å². The van der Waals surface area contributed by atoms with Gasteiger partial charge in [0.05, 0.1) is 11.3 Å². The van der Waals surface area contributed by atoms with E-state index >= 15 is 0 Å². The van der Waals surface area contributed by atoms with Crippen LogP contribution in [0.5, 0.6) is 0 Å². The van der Waals surface area contributed by atoms with Crippen LogP contribution < -0.4 is 0 Å². The number of benzene rings is 1. The van der Waals surface area contributed by atoms with Gasteiger partial charge in [0, 0.05) is 3.57 Å². The van der Waals surface area contributed by atoms with Gasteiger partial charge in [0.15, 0.2) is 0 Å². The number of aryl methyl sites for hydroxylation is 1. The molecule has 0 radical (unpaired) electrons. The van der Waals surface area contributed by atoms with Crippen molar-refractivity contribution >= 4 is 28.6 Å². The number of rotatable bonds is 3. The Kier molecular flexibility index (Phi) is 3.46. The van der Waals surface area contributed by atoms with Crippen molar-refractivity contribution in [2.75, 3.05) is 0 Å². The summed E-state index contributed by atoms with van der Waals surface area (Å²) in [6.07, 6.45) is 0.536. The Hall–Kier alpha value is -1.37. The average molecular weight is 343 g/mol. The van der Waals surface area contributed by atoms with E-state index < -0.39 is 5.97 Å². The number of halogens is 1. The van der Waals surface area contributed by atoms with Crippen molar-refractivity contribution in [1.29, 1.82) is 0 Å². The summed E-state index contributed by atoms with van der Waals surface area (Å²) in [6, 6.07) is 7.56. The summed E-state index contributed by atoms with van der Waals surface area (Å²) in [5, 5.41) is 8.99. The van der Waals surface area contributed by atoms with Crippen molar-refractivity contribution in [3.8, 4) is 11.5 Å². The van der Waals surface area contributed by atoms with Crippen LogP contribution in [-0.2, 0) is 6.42 Å². The third kappa shape index (κ3) is 2.33. The molecular weight excluding hydrogens is 333 g/mol. The molecule has 0 aliphatic rings. The first-order valence-corrected chi connectivity index (χ1v) is 6.19. The summed E-state index contributed by atoms with van der Waals surface area (Å²) in [4.78, 5) is 15.2. The maximum atomic E-state index is 11.0. The minimum Gasteiger partial charge on any atom is -0.475 e. The molecule has 0 fully saturated rings. The Morgan fingerprint density at radius 1 is 1.47 bits per heavy atom. The maximum absolute atomic E-state index is 11.0. The molecule has 2 rings (SSSR count). The molecule has 0 bridgehead atoms. The SMILES string of the molecule is CCc1nc(-c2ccccc2I)oc1C(=O)O. The van der Waals surface area contributed by atoms with Crippen molar-refractivity contribution < 1.29 is 14.3 Å². The zero-order valence-corrected chi connectivity index (χ0v) is 11.3. The molecule has 1 N–H and O–H groups in total. The fraction of sp³-hybridized carbons (Fsp3) is 0.167. The summed E-state index contributed by atoms with van der Waals surface area (Å²) in [5.41, 5.74) is 1.29. The zero-order chi connectivity index (χ0) is 12.4. The summed E-state index contributed by atoms with van der Waals surface area (Å²) >= 11 is 2.17. The number of carboxylic acids is 1. The van der Waals surface area contributed by atoms with Gasteiger partial charge in [-0.05, 0) is 41.1 Å². The monoisotopic (exact) mass is 343 g/mol. The highest BCUT2D eigenvalue weighted by Crippen LogP contribution is 2.26. The van der Waals surface area contributed by atoms with E-state index in [0.29, 0.717) is 18.0 Å². The van der Waals surface area contributed by atoms with Crippen LogP contribution in [0.3, 0.4) is 0 Å². The van der Waals surface area contributed by atoms with E-state index in [1.54, 1.807) is 0 Å². The second kappa shape index (κ2) is 4.87. The fourth-order valence-corrected chi connectivity index (χ4v) is 2.13. The van der Waals surface area contributed by atoms with Crippen molar-refractivity contribution in [3.05, 3.63) is 39.3 Å². The molecule has 1 aromatic heterocycles. The minimum atomic E-state index is -1.08. The Morgan fingerprint density at radius 2 is 2.18 bits per heavy atom. The van der Waals surface area contributed by atoms with Gasteiger partial charge in [-0.3, -0.25) is 0 Å². The van der Waals surface area contributed by atoms with E-state index in [4.69, 9.17) is 9.52 Å². The summed E-state index contributed by atoms with van der Waals surface area (Å²) in [7, 11) is 0. The van der Waals surface area contributed by atoms with Crippen LogP contribution in [-0.4, -0.2) is 16.1 Å². The standard InChI is InChI=1S/C12H10INO3/c1-2-9-10(12(15)16)17-11(14-9)7-5-3-4-6-8(7)13/h3-6H,2H2,1H3,(H,15,16). The number of hydrogen-bond acceptors (Lipinski definition) is 3. The Balaban J connectivity index is 2.54.